The van der Waals surface area contributed by atoms with Crippen LogP contribution in [0.25, 0.3) is 0 Å². The van der Waals surface area contributed by atoms with Gasteiger partial charge in [0.1, 0.15) is 0 Å². The highest BCUT2D eigenvalue weighted by molar-refractivity contribution is 7.99. The van der Waals surface area contributed by atoms with E-state index in [9.17, 15) is 9.18 Å². The maximum Gasteiger partial charge on any atom is 0.230 e. The molecule has 0 saturated carbocycles. The van der Waals surface area contributed by atoms with E-state index in [1.807, 2.05) is 19.1 Å². The Kier molecular flexibility index (Phi) is 6.84. The first kappa shape index (κ1) is 18.8. The van der Waals surface area contributed by atoms with Gasteiger partial charge in [-0.3, -0.25) is 4.79 Å². The van der Waals surface area contributed by atoms with Gasteiger partial charge in [0.05, 0.1) is 30.5 Å². The predicted octanol–water partition coefficient (Wildman–Crippen LogP) is 3.82. The molecule has 1 N–H and O–H groups in total. The number of nitriles is 1. The summed E-state index contributed by atoms with van der Waals surface area (Å²) >= 11 is 1.49. The Bertz CT molecular complexity index is 772. The zero-order valence-corrected chi connectivity index (χ0v) is 14.9. The van der Waals surface area contributed by atoms with Crippen LogP contribution in [0.1, 0.15) is 29.7 Å². The smallest absolute Gasteiger partial charge is 0.230 e. The number of carbonyl (C=O) groups is 1. The lowest BCUT2D eigenvalue weighted by Gasteiger charge is -2.15. The number of benzene rings is 2. The Hall–Kier alpha value is -2.52. The maximum absolute atomic E-state index is 13.7. The fourth-order valence-electron chi connectivity index (χ4n) is 2.26. The van der Waals surface area contributed by atoms with Gasteiger partial charge in [0, 0.05) is 5.75 Å². The molecule has 1 amide bonds. The molecule has 1 atom stereocenters. The van der Waals surface area contributed by atoms with Crippen LogP contribution in [0.3, 0.4) is 0 Å². The van der Waals surface area contributed by atoms with Crippen molar-refractivity contribution in [3.8, 4) is 11.8 Å². The van der Waals surface area contributed by atoms with E-state index in [1.54, 1.807) is 24.3 Å². The van der Waals surface area contributed by atoms with Gasteiger partial charge in [-0.25, -0.2) is 4.39 Å². The van der Waals surface area contributed by atoms with Crippen molar-refractivity contribution in [1.82, 2.24) is 5.32 Å². The molecule has 0 aromatic heterocycles. The van der Waals surface area contributed by atoms with E-state index in [2.05, 4.69) is 11.4 Å². The molecule has 4 nitrogen and oxygen atoms in total. The third-order valence-electron chi connectivity index (χ3n) is 3.64. The molecule has 2 aromatic rings. The van der Waals surface area contributed by atoms with E-state index >= 15 is 0 Å². The summed E-state index contributed by atoms with van der Waals surface area (Å²) < 4.78 is 18.6. The summed E-state index contributed by atoms with van der Waals surface area (Å²) in [4.78, 5) is 12.0. The fraction of sp³-hybridized carbons (Fsp3) is 0.263. The number of ether oxygens (including phenoxy) is 1. The highest BCUT2D eigenvalue weighted by Gasteiger charge is 2.12. The molecule has 0 spiro atoms. The van der Waals surface area contributed by atoms with E-state index in [-0.39, 0.29) is 17.7 Å². The average Bonchev–Trinajstić information content (AvgIpc) is 2.62. The van der Waals surface area contributed by atoms with Crippen LogP contribution in [0.2, 0.25) is 0 Å². The van der Waals surface area contributed by atoms with Gasteiger partial charge < -0.3 is 10.1 Å². The Morgan fingerprint density at radius 1 is 1.32 bits per heavy atom. The number of nitrogens with one attached hydrogen (secondary N) is 1. The summed E-state index contributed by atoms with van der Waals surface area (Å²) in [6.07, 6.45) is 0. The average molecular weight is 358 g/mol. The molecule has 0 radical (unpaired) electrons. The Balaban J connectivity index is 1.81. The van der Waals surface area contributed by atoms with Gasteiger partial charge >= 0.3 is 0 Å². The number of rotatable bonds is 7. The standard InChI is InChI=1S/C19H19FN2O2S/c1-13(16-7-8-18(24-2)17(20)9-16)22-19(23)12-25-11-15-5-3-14(10-21)4-6-15/h3-9,13H,11-12H2,1-2H3,(H,22,23). The molecule has 0 bridgehead atoms. The van der Waals surface area contributed by atoms with Crippen LogP contribution >= 0.6 is 11.8 Å². The lowest BCUT2D eigenvalue weighted by molar-refractivity contribution is -0.119. The van der Waals surface area contributed by atoms with Crippen molar-refractivity contribution in [2.24, 2.45) is 0 Å². The normalized spacial score (nSPS) is 11.4. The molecule has 0 aliphatic heterocycles. The molecular weight excluding hydrogens is 339 g/mol. The van der Waals surface area contributed by atoms with E-state index in [4.69, 9.17) is 10.00 Å². The van der Waals surface area contributed by atoms with Gasteiger partial charge in [0.25, 0.3) is 0 Å². The highest BCUT2D eigenvalue weighted by atomic mass is 32.2. The van der Waals surface area contributed by atoms with Gasteiger partial charge in [-0.2, -0.15) is 5.26 Å². The zero-order chi connectivity index (χ0) is 18.2. The van der Waals surface area contributed by atoms with E-state index in [0.717, 1.165) is 5.56 Å². The molecule has 1 unspecified atom stereocenters. The van der Waals surface area contributed by atoms with Crippen molar-refractivity contribution in [2.75, 3.05) is 12.9 Å². The van der Waals surface area contributed by atoms with Crippen LogP contribution < -0.4 is 10.1 Å². The second kappa shape index (κ2) is 9.09. The quantitative estimate of drug-likeness (QED) is 0.817. The second-order valence-electron chi connectivity index (χ2n) is 5.48. The third kappa shape index (κ3) is 5.50. The number of halogens is 1. The maximum atomic E-state index is 13.7. The summed E-state index contributed by atoms with van der Waals surface area (Å²) in [6, 6.07) is 13.7. The molecule has 6 heteroatoms. The van der Waals surface area contributed by atoms with Crippen molar-refractivity contribution < 1.29 is 13.9 Å². The number of thioether (sulfide) groups is 1. The van der Waals surface area contributed by atoms with E-state index in [0.29, 0.717) is 22.6 Å². The van der Waals surface area contributed by atoms with Gasteiger partial charge in [0.15, 0.2) is 11.6 Å². The van der Waals surface area contributed by atoms with Crippen LogP contribution in [0.15, 0.2) is 42.5 Å². The minimum absolute atomic E-state index is 0.109. The first-order valence-corrected chi connectivity index (χ1v) is 8.88. The first-order chi connectivity index (χ1) is 12.0. The minimum atomic E-state index is -0.448. The Labute approximate surface area is 151 Å². The van der Waals surface area contributed by atoms with Crippen molar-refractivity contribution in [2.45, 2.75) is 18.7 Å². The molecule has 2 aromatic carbocycles. The van der Waals surface area contributed by atoms with Crippen molar-refractivity contribution in [1.29, 1.82) is 5.26 Å². The van der Waals surface area contributed by atoms with Crippen LogP contribution in [-0.4, -0.2) is 18.8 Å². The number of methoxy groups -OCH3 is 1. The summed E-state index contributed by atoms with van der Waals surface area (Å²) in [5.74, 6) is 0.618. The SMILES string of the molecule is COc1ccc(C(C)NC(=O)CSCc2ccc(C#N)cc2)cc1F. The highest BCUT2D eigenvalue weighted by Crippen LogP contribution is 2.22. The number of nitrogens with zero attached hydrogens (tertiary/aromatic N) is 1. The number of amides is 1. The van der Waals surface area contributed by atoms with Gasteiger partial charge in [0.2, 0.25) is 5.91 Å². The molecule has 25 heavy (non-hydrogen) atoms. The predicted molar refractivity (Wildman–Crippen MR) is 96.8 cm³/mol. The number of hydrogen-bond donors (Lipinski definition) is 1. The minimum Gasteiger partial charge on any atom is -0.494 e. The largest absolute Gasteiger partial charge is 0.494 e. The Morgan fingerprint density at radius 2 is 2.04 bits per heavy atom. The molecule has 0 fully saturated rings. The van der Waals surface area contributed by atoms with Crippen LogP contribution in [0.5, 0.6) is 5.75 Å². The van der Waals surface area contributed by atoms with E-state index < -0.39 is 5.82 Å². The lowest BCUT2D eigenvalue weighted by Crippen LogP contribution is -2.28. The summed E-state index contributed by atoms with van der Waals surface area (Å²) in [6.45, 7) is 1.81. The monoisotopic (exact) mass is 358 g/mol. The van der Waals surface area contributed by atoms with E-state index in [1.165, 1.54) is 24.9 Å². The topological polar surface area (TPSA) is 62.1 Å². The van der Waals surface area contributed by atoms with Crippen molar-refractivity contribution >= 4 is 17.7 Å². The molecule has 0 saturated heterocycles. The third-order valence-corrected chi connectivity index (χ3v) is 4.64. The van der Waals surface area contributed by atoms with Crippen LogP contribution in [0.4, 0.5) is 4.39 Å². The van der Waals surface area contributed by atoms with Gasteiger partial charge in [-0.15, -0.1) is 11.8 Å². The van der Waals surface area contributed by atoms with Crippen molar-refractivity contribution in [3.05, 3.63) is 65.0 Å². The number of hydrogen-bond acceptors (Lipinski definition) is 4. The molecule has 130 valence electrons. The molecule has 2 rings (SSSR count). The molecular formula is C19H19FN2O2S. The lowest BCUT2D eigenvalue weighted by atomic mass is 10.1. The van der Waals surface area contributed by atoms with Crippen molar-refractivity contribution in [3.63, 3.8) is 0 Å². The van der Waals surface area contributed by atoms with Crippen LogP contribution in [-0.2, 0) is 10.5 Å². The van der Waals surface area contributed by atoms with Gasteiger partial charge in [-0.05, 0) is 42.3 Å². The summed E-state index contributed by atoms with van der Waals surface area (Å²) in [5, 5.41) is 11.6. The summed E-state index contributed by atoms with van der Waals surface area (Å²) in [5.41, 5.74) is 2.36. The molecule has 0 aliphatic rings. The second-order valence-corrected chi connectivity index (χ2v) is 6.47. The first-order valence-electron chi connectivity index (χ1n) is 7.73. The number of carbonyl (C=O) groups excluding carboxylic acids is 1. The van der Waals surface area contributed by atoms with Gasteiger partial charge in [-0.1, -0.05) is 18.2 Å². The Morgan fingerprint density at radius 3 is 2.64 bits per heavy atom. The van der Waals surface area contributed by atoms with Crippen LogP contribution in [0, 0.1) is 17.1 Å². The zero-order valence-electron chi connectivity index (χ0n) is 14.1. The molecule has 0 heterocycles. The molecule has 0 aliphatic carbocycles. The summed E-state index contributed by atoms with van der Waals surface area (Å²) in [7, 11) is 1.41. The fourth-order valence-corrected chi connectivity index (χ4v) is 3.05.